The monoisotopic (exact) mass is 415 g/mol. The highest BCUT2D eigenvalue weighted by atomic mass is 79.9. The highest BCUT2D eigenvalue weighted by Crippen LogP contribution is 2.31. The molecule has 0 atom stereocenters. The van der Waals surface area contributed by atoms with Crippen LogP contribution >= 0.6 is 31.9 Å². The molecule has 0 spiro atoms. The predicted octanol–water partition coefficient (Wildman–Crippen LogP) is 4.34. The quantitative estimate of drug-likeness (QED) is 0.657. The van der Waals surface area contributed by atoms with E-state index in [1.807, 2.05) is 18.2 Å². The van der Waals surface area contributed by atoms with Crippen molar-refractivity contribution in [1.82, 2.24) is 4.98 Å². The van der Waals surface area contributed by atoms with Crippen LogP contribution in [-0.2, 0) is 11.9 Å². The van der Waals surface area contributed by atoms with Crippen molar-refractivity contribution in [3.63, 3.8) is 0 Å². The van der Waals surface area contributed by atoms with Gasteiger partial charge in [0.2, 0.25) is 0 Å². The second-order valence-corrected chi connectivity index (χ2v) is 5.64. The van der Waals surface area contributed by atoms with E-state index in [4.69, 9.17) is 14.2 Å². The Morgan fingerprint density at radius 2 is 1.90 bits per heavy atom. The van der Waals surface area contributed by atoms with Gasteiger partial charge in [0.25, 0.3) is 0 Å². The van der Waals surface area contributed by atoms with Crippen molar-refractivity contribution in [3.05, 3.63) is 46.2 Å². The molecule has 2 rings (SSSR count). The maximum absolute atomic E-state index is 5.86. The van der Waals surface area contributed by atoms with Crippen LogP contribution in [-0.4, -0.2) is 19.2 Å². The summed E-state index contributed by atoms with van der Waals surface area (Å²) in [6, 6.07) is 7.64. The van der Waals surface area contributed by atoms with E-state index in [1.54, 1.807) is 26.5 Å². The largest absolute Gasteiger partial charge is 0.493 e. The van der Waals surface area contributed by atoms with Gasteiger partial charge < -0.3 is 14.2 Å². The van der Waals surface area contributed by atoms with Crippen LogP contribution in [0, 0.1) is 0 Å². The molecule has 0 aliphatic carbocycles. The second kappa shape index (κ2) is 7.66. The molecular formula is C15H15Br2NO3. The smallest absolute Gasteiger partial charge is 0.185 e. The summed E-state index contributed by atoms with van der Waals surface area (Å²) in [6.07, 6.45) is 1.67. The Morgan fingerprint density at radius 1 is 1.10 bits per heavy atom. The number of aromatic nitrogens is 1. The van der Waals surface area contributed by atoms with E-state index < -0.39 is 0 Å². The number of alkyl halides is 1. The summed E-state index contributed by atoms with van der Waals surface area (Å²) in [4.78, 5) is 4.30. The molecule has 1 heterocycles. The third-order valence-corrected chi connectivity index (χ3v) is 3.99. The third kappa shape index (κ3) is 3.89. The van der Waals surface area contributed by atoms with Gasteiger partial charge in [0.05, 0.1) is 14.2 Å². The van der Waals surface area contributed by atoms with Crippen molar-refractivity contribution >= 4 is 31.9 Å². The molecule has 0 aliphatic rings. The molecule has 0 fully saturated rings. The summed E-state index contributed by atoms with van der Waals surface area (Å²) < 4.78 is 17.5. The Balaban J connectivity index is 2.20. The van der Waals surface area contributed by atoms with Crippen molar-refractivity contribution in [2.45, 2.75) is 11.9 Å². The fourth-order valence-corrected chi connectivity index (χ4v) is 2.74. The molecule has 0 aliphatic heterocycles. The Morgan fingerprint density at radius 3 is 2.57 bits per heavy atom. The molecule has 6 heteroatoms. The minimum Gasteiger partial charge on any atom is -0.493 e. The Kier molecular flexibility index (Phi) is 5.87. The van der Waals surface area contributed by atoms with Crippen LogP contribution in [0.1, 0.15) is 11.3 Å². The van der Waals surface area contributed by atoms with E-state index in [2.05, 4.69) is 36.8 Å². The number of ether oxygens (including phenoxy) is 3. The van der Waals surface area contributed by atoms with Crippen LogP contribution in [0.15, 0.2) is 34.9 Å². The Labute approximate surface area is 140 Å². The number of hydrogen-bond donors (Lipinski definition) is 0. The van der Waals surface area contributed by atoms with Gasteiger partial charge in [-0.25, -0.2) is 0 Å². The van der Waals surface area contributed by atoms with Gasteiger partial charge in [-0.1, -0.05) is 31.9 Å². The van der Waals surface area contributed by atoms with Gasteiger partial charge in [0.1, 0.15) is 18.1 Å². The standard InChI is InChI=1S/C15H15Br2NO3/c1-19-14-5-6-18-12(15(14)20-2)9-21-13-4-3-11(17)7-10(13)8-16/h3-7H,8-9H2,1-2H3. The molecule has 1 aromatic carbocycles. The number of methoxy groups -OCH3 is 2. The molecule has 21 heavy (non-hydrogen) atoms. The summed E-state index contributed by atoms with van der Waals surface area (Å²) >= 11 is 6.91. The summed E-state index contributed by atoms with van der Waals surface area (Å²) in [6.45, 7) is 0.308. The predicted molar refractivity (Wildman–Crippen MR) is 88.4 cm³/mol. The topological polar surface area (TPSA) is 40.6 Å². The van der Waals surface area contributed by atoms with Crippen molar-refractivity contribution < 1.29 is 14.2 Å². The molecule has 4 nitrogen and oxygen atoms in total. The normalized spacial score (nSPS) is 10.3. The summed E-state index contributed by atoms with van der Waals surface area (Å²) in [5.74, 6) is 2.04. The number of hydrogen-bond acceptors (Lipinski definition) is 4. The zero-order valence-electron chi connectivity index (χ0n) is 11.7. The molecule has 2 aromatic rings. The number of pyridine rings is 1. The van der Waals surface area contributed by atoms with Gasteiger partial charge in [-0.05, 0) is 18.2 Å². The maximum atomic E-state index is 5.86. The molecule has 0 saturated carbocycles. The third-order valence-electron chi connectivity index (χ3n) is 2.90. The number of halogens is 2. The lowest BCUT2D eigenvalue weighted by molar-refractivity contribution is 0.283. The fraction of sp³-hybridized carbons (Fsp3) is 0.267. The van der Waals surface area contributed by atoms with Crippen LogP contribution in [0.25, 0.3) is 0 Å². The average Bonchev–Trinajstić information content (AvgIpc) is 2.52. The van der Waals surface area contributed by atoms with Gasteiger partial charge in [-0.3, -0.25) is 4.98 Å². The molecule has 0 N–H and O–H groups in total. The zero-order chi connectivity index (χ0) is 15.2. The van der Waals surface area contributed by atoms with E-state index >= 15 is 0 Å². The Hall–Kier alpha value is -1.27. The van der Waals surface area contributed by atoms with Gasteiger partial charge in [-0.15, -0.1) is 0 Å². The minimum atomic E-state index is 0.308. The van der Waals surface area contributed by atoms with E-state index in [-0.39, 0.29) is 0 Å². The molecule has 112 valence electrons. The molecule has 0 radical (unpaired) electrons. The molecule has 0 bridgehead atoms. The highest BCUT2D eigenvalue weighted by Gasteiger charge is 2.12. The fourth-order valence-electron chi connectivity index (χ4n) is 1.89. The van der Waals surface area contributed by atoms with Crippen molar-refractivity contribution in [1.29, 1.82) is 0 Å². The summed E-state index contributed by atoms with van der Waals surface area (Å²) in [7, 11) is 3.19. The van der Waals surface area contributed by atoms with Crippen LogP contribution in [0.2, 0.25) is 0 Å². The van der Waals surface area contributed by atoms with Gasteiger partial charge in [0.15, 0.2) is 11.5 Å². The first-order valence-electron chi connectivity index (χ1n) is 6.22. The van der Waals surface area contributed by atoms with E-state index in [1.165, 1.54) is 0 Å². The first-order valence-corrected chi connectivity index (χ1v) is 8.14. The first-order chi connectivity index (χ1) is 10.2. The van der Waals surface area contributed by atoms with Gasteiger partial charge in [-0.2, -0.15) is 0 Å². The molecule has 0 unspecified atom stereocenters. The first kappa shape index (κ1) is 16.1. The van der Waals surface area contributed by atoms with Crippen molar-refractivity contribution in [3.8, 4) is 17.2 Å². The molecule has 0 amide bonds. The van der Waals surface area contributed by atoms with Crippen LogP contribution in [0.3, 0.4) is 0 Å². The molecular weight excluding hydrogens is 402 g/mol. The summed E-state index contributed by atoms with van der Waals surface area (Å²) in [5.41, 5.74) is 1.76. The zero-order valence-corrected chi connectivity index (χ0v) is 14.9. The summed E-state index contributed by atoms with van der Waals surface area (Å²) in [5, 5.41) is 0.713. The minimum absolute atomic E-state index is 0.308. The lowest BCUT2D eigenvalue weighted by atomic mass is 10.2. The number of nitrogens with zero attached hydrogens (tertiary/aromatic N) is 1. The van der Waals surface area contributed by atoms with Crippen LogP contribution < -0.4 is 14.2 Å². The SMILES string of the molecule is COc1ccnc(COc2ccc(Br)cc2CBr)c1OC. The number of rotatable bonds is 6. The second-order valence-electron chi connectivity index (χ2n) is 4.17. The van der Waals surface area contributed by atoms with E-state index in [0.717, 1.165) is 15.8 Å². The lowest BCUT2D eigenvalue weighted by Crippen LogP contribution is -2.04. The number of benzene rings is 1. The maximum Gasteiger partial charge on any atom is 0.185 e. The van der Waals surface area contributed by atoms with Gasteiger partial charge in [0, 0.05) is 27.6 Å². The highest BCUT2D eigenvalue weighted by molar-refractivity contribution is 9.10. The van der Waals surface area contributed by atoms with Crippen molar-refractivity contribution in [2.75, 3.05) is 14.2 Å². The van der Waals surface area contributed by atoms with E-state index in [0.29, 0.717) is 29.1 Å². The van der Waals surface area contributed by atoms with E-state index in [9.17, 15) is 0 Å². The Bertz CT molecular complexity index is 620. The van der Waals surface area contributed by atoms with Gasteiger partial charge >= 0.3 is 0 Å². The van der Waals surface area contributed by atoms with Crippen LogP contribution in [0.5, 0.6) is 17.2 Å². The molecule has 1 aromatic heterocycles. The van der Waals surface area contributed by atoms with Crippen molar-refractivity contribution in [2.24, 2.45) is 0 Å². The van der Waals surface area contributed by atoms with Crippen LogP contribution in [0.4, 0.5) is 0 Å². The average molecular weight is 417 g/mol. The lowest BCUT2D eigenvalue weighted by Gasteiger charge is -2.14. The molecule has 0 saturated heterocycles.